The number of aliphatic hydroxyl groups is 2. The second kappa shape index (κ2) is 6.36. The summed E-state index contributed by atoms with van der Waals surface area (Å²) in [4.78, 5) is 14.7. The molecule has 0 aliphatic carbocycles. The van der Waals surface area contributed by atoms with E-state index in [0.717, 1.165) is 37.9 Å². The Morgan fingerprint density at radius 2 is 2.05 bits per heavy atom. The van der Waals surface area contributed by atoms with E-state index in [-0.39, 0.29) is 25.2 Å². The SMILES string of the molecule is O=C1Nc2ccccc2CCC1N1CCCC(CO)(CO)C1. The quantitative estimate of drug-likeness (QED) is 0.779. The number of rotatable bonds is 3. The van der Waals surface area contributed by atoms with Crippen LogP contribution in [0.3, 0.4) is 0 Å². The summed E-state index contributed by atoms with van der Waals surface area (Å²) in [5, 5.41) is 22.3. The Labute approximate surface area is 130 Å². The van der Waals surface area contributed by atoms with Gasteiger partial charge < -0.3 is 15.5 Å². The normalized spacial score (nSPS) is 25.2. The lowest BCUT2D eigenvalue weighted by molar-refractivity contribution is -0.124. The molecule has 0 spiro atoms. The van der Waals surface area contributed by atoms with Crippen molar-refractivity contribution in [3.63, 3.8) is 0 Å². The third-order valence-electron chi connectivity index (χ3n) is 5.07. The van der Waals surface area contributed by atoms with Crippen LogP contribution in [0.15, 0.2) is 24.3 Å². The summed E-state index contributed by atoms with van der Waals surface area (Å²) in [6.45, 7) is 1.35. The Morgan fingerprint density at radius 1 is 1.27 bits per heavy atom. The maximum atomic E-state index is 12.6. The molecule has 120 valence electrons. The molecule has 3 N–H and O–H groups in total. The number of para-hydroxylation sites is 1. The molecule has 1 aromatic carbocycles. The molecule has 1 fully saturated rings. The van der Waals surface area contributed by atoms with E-state index in [9.17, 15) is 15.0 Å². The first kappa shape index (κ1) is 15.5. The molecule has 2 aliphatic rings. The maximum Gasteiger partial charge on any atom is 0.241 e. The van der Waals surface area contributed by atoms with E-state index < -0.39 is 5.41 Å². The van der Waals surface area contributed by atoms with Gasteiger partial charge in [0.05, 0.1) is 19.3 Å². The lowest BCUT2D eigenvalue weighted by Gasteiger charge is -2.43. The average molecular weight is 304 g/mol. The highest BCUT2D eigenvalue weighted by Crippen LogP contribution is 2.32. The Kier molecular flexibility index (Phi) is 4.47. The molecule has 2 aliphatic heterocycles. The summed E-state index contributed by atoms with van der Waals surface area (Å²) in [6, 6.07) is 7.74. The molecule has 3 rings (SSSR count). The largest absolute Gasteiger partial charge is 0.396 e. The molecule has 22 heavy (non-hydrogen) atoms. The fourth-order valence-electron chi connectivity index (χ4n) is 3.67. The van der Waals surface area contributed by atoms with Gasteiger partial charge in [-0.05, 0) is 43.9 Å². The zero-order chi connectivity index (χ0) is 15.6. The van der Waals surface area contributed by atoms with Crippen LogP contribution in [0.25, 0.3) is 0 Å². The molecule has 1 amide bonds. The molecule has 0 radical (unpaired) electrons. The number of carbonyl (C=O) groups excluding carboxylic acids is 1. The van der Waals surface area contributed by atoms with Gasteiger partial charge in [0.25, 0.3) is 0 Å². The summed E-state index contributed by atoms with van der Waals surface area (Å²) >= 11 is 0. The first-order valence-corrected chi connectivity index (χ1v) is 8.02. The van der Waals surface area contributed by atoms with Gasteiger partial charge in [-0.3, -0.25) is 9.69 Å². The van der Waals surface area contributed by atoms with Crippen molar-refractivity contribution in [3.8, 4) is 0 Å². The molecule has 1 aromatic rings. The highest BCUT2D eigenvalue weighted by molar-refractivity contribution is 5.96. The van der Waals surface area contributed by atoms with Crippen LogP contribution in [0.5, 0.6) is 0 Å². The summed E-state index contributed by atoms with van der Waals surface area (Å²) < 4.78 is 0. The van der Waals surface area contributed by atoms with Gasteiger partial charge in [0.15, 0.2) is 0 Å². The van der Waals surface area contributed by atoms with Crippen molar-refractivity contribution in [1.82, 2.24) is 4.90 Å². The predicted octanol–water partition coefficient (Wildman–Crippen LogP) is 1.01. The van der Waals surface area contributed by atoms with Gasteiger partial charge in [0, 0.05) is 17.6 Å². The van der Waals surface area contributed by atoms with Crippen LogP contribution in [0, 0.1) is 5.41 Å². The monoisotopic (exact) mass is 304 g/mol. The number of hydrogen-bond acceptors (Lipinski definition) is 4. The van der Waals surface area contributed by atoms with Gasteiger partial charge in [0.1, 0.15) is 0 Å². The van der Waals surface area contributed by atoms with Crippen molar-refractivity contribution in [3.05, 3.63) is 29.8 Å². The molecule has 1 saturated heterocycles. The molecule has 0 bridgehead atoms. The van der Waals surface area contributed by atoms with E-state index in [2.05, 4.69) is 16.3 Å². The highest BCUT2D eigenvalue weighted by atomic mass is 16.3. The molecular weight excluding hydrogens is 280 g/mol. The van der Waals surface area contributed by atoms with Crippen molar-refractivity contribution >= 4 is 11.6 Å². The average Bonchev–Trinajstić information content (AvgIpc) is 2.73. The van der Waals surface area contributed by atoms with Crippen LogP contribution < -0.4 is 5.32 Å². The van der Waals surface area contributed by atoms with Crippen LogP contribution in [0.4, 0.5) is 5.69 Å². The number of nitrogens with one attached hydrogen (secondary N) is 1. The van der Waals surface area contributed by atoms with Crippen LogP contribution >= 0.6 is 0 Å². The van der Waals surface area contributed by atoms with Crippen LogP contribution in [0.1, 0.15) is 24.8 Å². The van der Waals surface area contributed by atoms with E-state index in [1.165, 1.54) is 5.56 Å². The Morgan fingerprint density at radius 3 is 2.82 bits per heavy atom. The van der Waals surface area contributed by atoms with Crippen LogP contribution in [-0.2, 0) is 11.2 Å². The molecule has 0 saturated carbocycles. The first-order chi connectivity index (χ1) is 10.7. The van der Waals surface area contributed by atoms with Gasteiger partial charge in [-0.25, -0.2) is 0 Å². The van der Waals surface area contributed by atoms with Gasteiger partial charge in [-0.2, -0.15) is 0 Å². The smallest absolute Gasteiger partial charge is 0.241 e. The van der Waals surface area contributed by atoms with E-state index in [1.54, 1.807) is 0 Å². The topological polar surface area (TPSA) is 72.8 Å². The minimum atomic E-state index is -0.475. The number of carbonyl (C=O) groups is 1. The molecule has 0 aromatic heterocycles. The lowest BCUT2D eigenvalue weighted by atomic mass is 9.80. The molecule has 2 heterocycles. The molecule has 5 nitrogen and oxygen atoms in total. The van der Waals surface area contributed by atoms with Crippen molar-refractivity contribution in [2.24, 2.45) is 5.41 Å². The van der Waals surface area contributed by atoms with E-state index >= 15 is 0 Å². The minimum Gasteiger partial charge on any atom is -0.396 e. The van der Waals surface area contributed by atoms with E-state index in [1.807, 2.05) is 18.2 Å². The van der Waals surface area contributed by atoms with E-state index in [4.69, 9.17) is 0 Å². The minimum absolute atomic E-state index is 0.0247. The summed E-state index contributed by atoms with van der Waals surface area (Å²) in [5.74, 6) is 0.0247. The zero-order valence-electron chi connectivity index (χ0n) is 12.8. The number of nitrogens with zero attached hydrogens (tertiary/aromatic N) is 1. The number of amides is 1. The number of aryl methyl sites for hydroxylation is 1. The third kappa shape index (κ3) is 2.89. The summed E-state index contributed by atoms with van der Waals surface area (Å²) in [7, 11) is 0. The zero-order valence-corrected chi connectivity index (χ0v) is 12.8. The van der Waals surface area contributed by atoms with Gasteiger partial charge >= 0.3 is 0 Å². The number of anilines is 1. The van der Waals surface area contributed by atoms with Gasteiger partial charge in [-0.15, -0.1) is 0 Å². The van der Waals surface area contributed by atoms with Crippen molar-refractivity contribution < 1.29 is 15.0 Å². The fraction of sp³-hybridized carbons (Fsp3) is 0.588. The standard InChI is InChI=1S/C17H24N2O3/c20-11-17(12-21)8-3-9-19(10-17)15-7-6-13-4-1-2-5-14(13)18-16(15)22/h1-2,4-5,15,20-21H,3,6-12H2,(H,18,22). The Balaban J connectivity index is 1.77. The Bertz CT molecular complexity index is 542. The molecule has 5 heteroatoms. The number of piperidine rings is 1. The number of benzene rings is 1. The first-order valence-electron chi connectivity index (χ1n) is 8.02. The molecule has 1 atom stereocenters. The third-order valence-corrected chi connectivity index (χ3v) is 5.07. The molecular formula is C17H24N2O3. The maximum absolute atomic E-state index is 12.6. The van der Waals surface area contributed by atoms with E-state index in [0.29, 0.717) is 6.54 Å². The number of hydrogen-bond donors (Lipinski definition) is 3. The number of fused-ring (bicyclic) bond motifs is 1. The van der Waals surface area contributed by atoms with Gasteiger partial charge in [0.2, 0.25) is 5.91 Å². The van der Waals surface area contributed by atoms with Crippen molar-refractivity contribution in [2.75, 3.05) is 31.6 Å². The summed E-state index contributed by atoms with van der Waals surface area (Å²) in [6.07, 6.45) is 3.35. The second-order valence-electron chi connectivity index (χ2n) is 6.59. The number of aliphatic hydroxyl groups excluding tert-OH is 2. The fourth-order valence-corrected chi connectivity index (χ4v) is 3.67. The van der Waals surface area contributed by atoms with Gasteiger partial charge in [-0.1, -0.05) is 18.2 Å². The summed E-state index contributed by atoms with van der Waals surface area (Å²) in [5.41, 5.74) is 1.60. The highest BCUT2D eigenvalue weighted by Gasteiger charge is 2.39. The second-order valence-corrected chi connectivity index (χ2v) is 6.59. The lowest BCUT2D eigenvalue weighted by Crippen LogP contribution is -2.54. The van der Waals surface area contributed by atoms with Crippen LogP contribution in [-0.4, -0.2) is 53.4 Å². The van der Waals surface area contributed by atoms with Crippen LogP contribution in [0.2, 0.25) is 0 Å². The Hall–Kier alpha value is -1.43. The predicted molar refractivity (Wildman–Crippen MR) is 84.6 cm³/mol. The molecule has 1 unspecified atom stereocenters. The van der Waals surface area contributed by atoms with Crippen molar-refractivity contribution in [2.45, 2.75) is 31.7 Å². The number of likely N-dealkylation sites (tertiary alicyclic amines) is 1. The van der Waals surface area contributed by atoms with Crippen molar-refractivity contribution in [1.29, 1.82) is 0 Å².